The fraction of sp³-hybridized carbons (Fsp3) is 0.333. The normalized spacial score (nSPS) is 15.7. The molecular weight excluding hydrogens is 438 g/mol. The molecule has 8 nitrogen and oxygen atoms in total. The van der Waals surface area contributed by atoms with Gasteiger partial charge in [0.15, 0.2) is 0 Å². The molecule has 0 saturated carbocycles. The Morgan fingerprint density at radius 2 is 1.88 bits per heavy atom. The Kier molecular flexibility index (Phi) is 7.19. The Bertz CT molecular complexity index is 1100. The molecule has 2 aromatic carbocycles. The SMILES string of the molecule is COc1ccc(NC(=O)c2nnc([C@@H]3CCCN(C(=O)NCc4ccc(C)cc4)C3)s2)cc1. The summed E-state index contributed by atoms with van der Waals surface area (Å²) < 4.78 is 5.13. The molecular formula is C24H27N5O3S. The van der Waals surface area contributed by atoms with Crippen molar-refractivity contribution in [3.63, 3.8) is 0 Å². The van der Waals surface area contributed by atoms with Crippen LogP contribution in [0.3, 0.4) is 0 Å². The molecule has 1 aliphatic rings. The van der Waals surface area contributed by atoms with Gasteiger partial charge in [-0.1, -0.05) is 41.2 Å². The van der Waals surface area contributed by atoms with E-state index in [4.69, 9.17) is 4.74 Å². The van der Waals surface area contributed by atoms with Crippen molar-refractivity contribution in [1.29, 1.82) is 0 Å². The third-order valence-corrected chi connectivity index (χ3v) is 6.69. The van der Waals surface area contributed by atoms with Crippen LogP contribution in [-0.4, -0.2) is 47.2 Å². The van der Waals surface area contributed by atoms with E-state index < -0.39 is 0 Å². The predicted octanol–water partition coefficient (Wildman–Crippen LogP) is 4.20. The van der Waals surface area contributed by atoms with Crippen molar-refractivity contribution in [2.75, 3.05) is 25.5 Å². The van der Waals surface area contributed by atoms with Crippen molar-refractivity contribution in [3.8, 4) is 5.75 Å². The van der Waals surface area contributed by atoms with Gasteiger partial charge in [0.05, 0.1) is 7.11 Å². The molecule has 172 valence electrons. The number of piperidine rings is 1. The molecule has 0 bridgehead atoms. The second-order valence-electron chi connectivity index (χ2n) is 8.06. The van der Waals surface area contributed by atoms with Gasteiger partial charge in [-0.15, -0.1) is 10.2 Å². The van der Waals surface area contributed by atoms with Crippen LogP contribution in [0.25, 0.3) is 0 Å². The van der Waals surface area contributed by atoms with Crippen LogP contribution in [0.5, 0.6) is 5.75 Å². The number of hydrogen-bond acceptors (Lipinski definition) is 6. The van der Waals surface area contributed by atoms with Gasteiger partial charge in [0.2, 0.25) is 5.01 Å². The standard InChI is InChI=1S/C24H27N5O3S/c1-16-5-7-17(8-6-16)14-25-24(31)29-13-3-4-18(15-29)22-27-28-23(33-22)21(30)26-19-9-11-20(32-2)12-10-19/h5-12,18H,3-4,13-15H2,1-2H3,(H,25,31)(H,26,30)/t18-/m1/s1. The first-order chi connectivity index (χ1) is 16.0. The number of anilines is 1. The molecule has 1 saturated heterocycles. The molecule has 0 aliphatic carbocycles. The topological polar surface area (TPSA) is 96.4 Å². The van der Waals surface area contributed by atoms with Crippen LogP contribution in [0.1, 0.15) is 44.7 Å². The summed E-state index contributed by atoms with van der Waals surface area (Å²) in [6, 6.07) is 15.1. The maximum Gasteiger partial charge on any atom is 0.317 e. The van der Waals surface area contributed by atoms with Crippen LogP contribution in [0.4, 0.5) is 10.5 Å². The molecule has 1 aromatic heterocycles. The number of methoxy groups -OCH3 is 1. The van der Waals surface area contributed by atoms with Crippen LogP contribution >= 0.6 is 11.3 Å². The molecule has 3 aromatic rings. The van der Waals surface area contributed by atoms with Crippen LogP contribution in [0.2, 0.25) is 0 Å². The lowest BCUT2D eigenvalue weighted by Crippen LogP contribution is -2.44. The summed E-state index contributed by atoms with van der Waals surface area (Å²) in [5.41, 5.74) is 2.92. The Labute approximate surface area is 197 Å². The average Bonchev–Trinajstić information content (AvgIpc) is 3.35. The number of amides is 3. The number of nitrogens with one attached hydrogen (secondary N) is 2. The zero-order valence-corrected chi connectivity index (χ0v) is 19.5. The molecule has 9 heteroatoms. The molecule has 0 unspecified atom stereocenters. The smallest absolute Gasteiger partial charge is 0.317 e. The van der Waals surface area contributed by atoms with Crippen molar-refractivity contribution in [2.45, 2.75) is 32.2 Å². The summed E-state index contributed by atoms with van der Waals surface area (Å²) in [6.45, 7) is 3.81. The summed E-state index contributed by atoms with van der Waals surface area (Å²) in [5, 5.41) is 15.3. The number of aromatic nitrogens is 2. The van der Waals surface area contributed by atoms with E-state index in [0.29, 0.717) is 30.3 Å². The number of benzene rings is 2. The van der Waals surface area contributed by atoms with Crippen LogP contribution < -0.4 is 15.4 Å². The van der Waals surface area contributed by atoms with E-state index in [1.54, 1.807) is 31.4 Å². The van der Waals surface area contributed by atoms with E-state index in [-0.39, 0.29) is 17.9 Å². The molecule has 0 spiro atoms. The van der Waals surface area contributed by atoms with Gasteiger partial charge >= 0.3 is 6.03 Å². The van der Waals surface area contributed by atoms with Gasteiger partial charge in [-0.05, 0) is 49.6 Å². The first-order valence-electron chi connectivity index (χ1n) is 10.9. The molecule has 1 fully saturated rings. The lowest BCUT2D eigenvalue weighted by Gasteiger charge is -2.31. The lowest BCUT2D eigenvalue weighted by molar-refractivity contribution is 0.102. The van der Waals surface area contributed by atoms with Crippen LogP contribution in [0.15, 0.2) is 48.5 Å². The molecule has 33 heavy (non-hydrogen) atoms. The van der Waals surface area contributed by atoms with E-state index in [2.05, 4.69) is 20.8 Å². The Morgan fingerprint density at radius 1 is 1.12 bits per heavy atom. The summed E-state index contributed by atoms with van der Waals surface area (Å²) in [5.74, 6) is 0.493. The number of aryl methyl sites for hydroxylation is 1. The fourth-order valence-electron chi connectivity index (χ4n) is 3.71. The molecule has 1 aliphatic heterocycles. The zero-order chi connectivity index (χ0) is 23.2. The van der Waals surface area contributed by atoms with Gasteiger partial charge < -0.3 is 20.3 Å². The van der Waals surface area contributed by atoms with Gasteiger partial charge in [0, 0.05) is 31.2 Å². The van der Waals surface area contributed by atoms with Gasteiger partial charge in [-0.2, -0.15) is 0 Å². The predicted molar refractivity (Wildman–Crippen MR) is 128 cm³/mol. The summed E-state index contributed by atoms with van der Waals surface area (Å²) >= 11 is 1.28. The number of ether oxygens (including phenoxy) is 1. The number of carbonyl (C=O) groups excluding carboxylic acids is 2. The number of carbonyl (C=O) groups is 2. The Hall–Kier alpha value is -3.46. The first kappa shape index (κ1) is 22.7. The van der Waals surface area contributed by atoms with Gasteiger partial charge in [-0.3, -0.25) is 4.79 Å². The van der Waals surface area contributed by atoms with Crippen molar-refractivity contribution >= 4 is 29.0 Å². The Morgan fingerprint density at radius 3 is 2.61 bits per heavy atom. The molecule has 3 amide bonds. The maximum absolute atomic E-state index is 12.7. The third-order valence-electron chi connectivity index (χ3n) is 5.60. The minimum atomic E-state index is -0.299. The monoisotopic (exact) mass is 465 g/mol. The van der Waals surface area contributed by atoms with Gasteiger partial charge in [0.1, 0.15) is 10.8 Å². The molecule has 4 rings (SSSR count). The van der Waals surface area contributed by atoms with E-state index in [1.807, 2.05) is 36.1 Å². The first-order valence-corrected chi connectivity index (χ1v) is 11.7. The maximum atomic E-state index is 12.7. The minimum absolute atomic E-state index is 0.0731. The third kappa shape index (κ3) is 5.87. The van der Waals surface area contributed by atoms with E-state index in [9.17, 15) is 9.59 Å². The lowest BCUT2D eigenvalue weighted by atomic mass is 9.99. The number of likely N-dealkylation sites (tertiary alicyclic amines) is 1. The van der Waals surface area contributed by atoms with Gasteiger partial charge in [-0.25, -0.2) is 4.79 Å². The van der Waals surface area contributed by atoms with Gasteiger partial charge in [0.25, 0.3) is 5.91 Å². The molecule has 1 atom stereocenters. The second-order valence-corrected chi connectivity index (χ2v) is 9.07. The minimum Gasteiger partial charge on any atom is -0.497 e. The van der Waals surface area contributed by atoms with E-state index in [0.717, 1.165) is 29.2 Å². The van der Waals surface area contributed by atoms with Crippen molar-refractivity contribution in [1.82, 2.24) is 20.4 Å². The fourth-order valence-corrected chi connectivity index (χ4v) is 4.57. The highest BCUT2D eigenvalue weighted by Gasteiger charge is 2.28. The number of nitrogens with zero attached hydrogens (tertiary/aromatic N) is 3. The Balaban J connectivity index is 1.32. The number of hydrogen-bond donors (Lipinski definition) is 2. The van der Waals surface area contributed by atoms with Crippen LogP contribution in [-0.2, 0) is 6.54 Å². The molecule has 2 heterocycles. The molecule has 2 N–H and O–H groups in total. The van der Waals surface area contributed by atoms with Crippen molar-refractivity contribution < 1.29 is 14.3 Å². The summed E-state index contributed by atoms with van der Waals surface area (Å²) in [4.78, 5) is 27.1. The van der Waals surface area contributed by atoms with E-state index in [1.165, 1.54) is 16.9 Å². The highest BCUT2D eigenvalue weighted by molar-refractivity contribution is 7.13. The highest BCUT2D eigenvalue weighted by Crippen LogP contribution is 2.29. The van der Waals surface area contributed by atoms with Crippen molar-refractivity contribution in [3.05, 3.63) is 69.7 Å². The summed E-state index contributed by atoms with van der Waals surface area (Å²) in [6.07, 6.45) is 1.80. The van der Waals surface area contributed by atoms with Crippen LogP contribution in [0, 0.1) is 6.92 Å². The van der Waals surface area contributed by atoms with E-state index >= 15 is 0 Å². The zero-order valence-electron chi connectivity index (χ0n) is 18.7. The largest absolute Gasteiger partial charge is 0.497 e. The number of rotatable bonds is 6. The second kappa shape index (κ2) is 10.4. The van der Waals surface area contributed by atoms with Crippen molar-refractivity contribution in [2.24, 2.45) is 0 Å². The number of urea groups is 1. The highest BCUT2D eigenvalue weighted by atomic mass is 32.1. The summed E-state index contributed by atoms with van der Waals surface area (Å²) in [7, 11) is 1.59. The quantitative estimate of drug-likeness (QED) is 0.569. The molecule has 0 radical (unpaired) electrons. The average molecular weight is 466 g/mol.